The molecule has 1 aliphatic carbocycles. The van der Waals surface area contributed by atoms with Crippen LogP contribution in [0, 0.1) is 0 Å². The lowest BCUT2D eigenvalue weighted by Crippen LogP contribution is -2.29. The van der Waals surface area contributed by atoms with E-state index in [9.17, 15) is 14.7 Å². The maximum absolute atomic E-state index is 11.5. The number of carbonyl (C=O) groups is 2. The SMILES string of the molecule is O=C(CNC1CC1)Nc1ccc(O)c(C(=O)O)c1. The molecule has 1 aromatic carbocycles. The zero-order valence-corrected chi connectivity index (χ0v) is 9.64. The lowest BCUT2D eigenvalue weighted by molar-refractivity contribution is -0.115. The summed E-state index contributed by atoms with van der Waals surface area (Å²) < 4.78 is 0. The molecule has 0 saturated heterocycles. The van der Waals surface area contributed by atoms with E-state index in [0.29, 0.717) is 11.7 Å². The molecule has 0 unspecified atom stereocenters. The van der Waals surface area contributed by atoms with E-state index in [0.717, 1.165) is 12.8 Å². The van der Waals surface area contributed by atoms with Gasteiger partial charge in [-0.05, 0) is 31.0 Å². The second kappa shape index (κ2) is 5.05. The minimum Gasteiger partial charge on any atom is -0.507 e. The van der Waals surface area contributed by atoms with Gasteiger partial charge < -0.3 is 20.8 Å². The highest BCUT2D eigenvalue weighted by Gasteiger charge is 2.21. The molecule has 1 amide bonds. The number of carboxylic acids is 1. The Hall–Kier alpha value is -2.08. The molecule has 6 nitrogen and oxygen atoms in total. The van der Waals surface area contributed by atoms with E-state index in [1.54, 1.807) is 0 Å². The number of hydrogen-bond donors (Lipinski definition) is 4. The van der Waals surface area contributed by atoms with Gasteiger partial charge in [-0.25, -0.2) is 4.79 Å². The quantitative estimate of drug-likeness (QED) is 0.579. The highest BCUT2D eigenvalue weighted by Crippen LogP contribution is 2.21. The number of carbonyl (C=O) groups excluding carboxylic acids is 1. The molecule has 1 aromatic rings. The second-order valence-electron chi connectivity index (χ2n) is 4.24. The molecule has 4 N–H and O–H groups in total. The van der Waals surface area contributed by atoms with Crippen molar-refractivity contribution < 1.29 is 19.8 Å². The van der Waals surface area contributed by atoms with Crippen LogP contribution in [0.2, 0.25) is 0 Å². The van der Waals surface area contributed by atoms with Crippen LogP contribution in [-0.4, -0.2) is 34.7 Å². The van der Waals surface area contributed by atoms with E-state index in [-0.39, 0.29) is 23.8 Å². The highest BCUT2D eigenvalue weighted by molar-refractivity contribution is 5.96. The van der Waals surface area contributed by atoms with Gasteiger partial charge in [0.1, 0.15) is 11.3 Å². The third-order valence-electron chi connectivity index (χ3n) is 2.64. The summed E-state index contributed by atoms with van der Waals surface area (Å²) in [5.74, 6) is -1.79. The van der Waals surface area contributed by atoms with Gasteiger partial charge in [-0.2, -0.15) is 0 Å². The molecule has 0 atom stereocenters. The molecule has 0 bridgehead atoms. The number of anilines is 1. The Morgan fingerprint density at radius 1 is 1.33 bits per heavy atom. The smallest absolute Gasteiger partial charge is 0.339 e. The van der Waals surface area contributed by atoms with Crippen molar-refractivity contribution in [3.05, 3.63) is 23.8 Å². The maximum Gasteiger partial charge on any atom is 0.339 e. The molecule has 0 aromatic heterocycles. The summed E-state index contributed by atoms with van der Waals surface area (Å²) in [6, 6.07) is 4.36. The van der Waals surface area contributed by atoms with Crippen molar-refractivity contribution in [2.45, 2.75) is 18.9 Å². The average molecular weight is 250 g/mol. The van der Waals surface area contributed by atoms with Crippen LogP contribution in [0.4, 0.5) is 5.69 Å². The summed E-state index contributed by atoms with van der Waals surface area (Å²) in [5.41, 5.74) is 0.121. The molecule has 18 heavy (non-hydrogen) atoms. The Bertz CT molecular complexity index is 483. The normalized spacial score (nSPS) is 14.2. The van der Waals surface area contributed by atoms with Gasteiger partial charge in [-0.1, -0.05) is 0 Å². The average Bonchev–Trinajstić information content (AvgIpc) is 3.12. The first-order chi connectivity index (χ1) is 8.56. The molecule has 0 heterocycles. The van der Waals surface area contributed by atoms with Crippen molar-refractivity contribution in [3.63, 3.8) is 0 Å². The molecule has 2 rings (SSSR count). The Kier molecular flexibility index (Phi) is 3.47. The Morgan fingerprint density at radius 2 is 2.06 bits per heavy atom. The van der Waals surface area contributed by atoms with Crippen LogP contribution in [0.25, 0.3) is 0 Å². The van der Waals surface area contributed by atoms with Gasteiger partial charge in [0.2, 0.25) is 5.91 Å². The Labute approximate surface area is 104 Å². The van der Waals surface area contributed by atoms with Crippen molar-refractivity contribution >= 4 is 17.6 Å². The fraction of sp³-hybridized carbons (Fsp3) is 0.333. The minimum atomic E-state index is -1.24. The molecule has 0 radical (unpaired) electrons. The van der Waals surface area contributed by atoms with Crippen molar-refractivity contribution in [3.8, 4) is 5.75 Å². The molecular weight excluding hydrogens is 236 g/mol. The molecular formula is C12H14N2O4. The molecule has 0 aliphatic heterocycles. The molecule has 6 heteroatoms. The van der Waals surface area contributed by atoms with E-state index in [1.807, 2.05) is 0 Å². The van der Waals surface area contributed by atoms with Gasteiger partial charge in [0.15, 0.2) is 0 Å². The fourth-order valence-electron chi connectivity index (χ4n) is 1.51. The number of benzene rings is 1. The van der Waals surface area contributed by atoms with Crippen molar-refractivity contribution in [1.29, 1.82) is 0 Å². The number of aromatic hydroxyl groups is 1. The Balaban J connectivity index is 1.97. The van der Waals surface area contributed by atoms with E-state index in [1.165, 1.54) is 18.2 Å². The Morgan fingerprint density at radius 3 is 2.67 bits per heavy atom. The first-order valence-electron chi connectivity index (χ1n) is 5.66. The zero-order chi connectivity index (χ0) is 13.1. The van der Waals surface area contributed by atoms with Crippen LogP contribution in [0.15, 0.2) is 18.2 Å². The number of amides is 1. The number of rotatable bonds is 5. The third-order valence-corrected chi connectivity index (χ3v) is 2.64. The fourth-order valence-corrected chi connectivity index (χ4v) is 1.51. The van der Waals surface area contributed by atoms with E-state index in [4.69, 9.17) is 5.11 Å². The van der Waals surface area contributed by atoms with Gasteiger partial charge in [0.05, 0.1) is 6.54 Å². The maximum atomic E-state index is 11.5. The molecule has 1 aliphatic rings. The lowest BCUT2D eigenvalue weighted by atomic mass is 10.2. The number of carboxylic acid groups (broad SMARTS) is 1. The summed E-state index contributed by atoms with van der Waals surface area (Å²) in [6.07, 6.45) is 2.19. The van der Waals surface area contributed by atoms with Crippen LogP contribution in [0.3, 0.4) is 0 Å². The number of phenols is 1. The predicted molar refractivity (Wildman–Crippen MR) is 64.7 cm³/mol. The van der Waals surface area contributed by atoms with Crippen molar-refractivity contribution in [2.75, 3.05) is 11.9 Å². The summed E-state index contributed by atoms with van der Waals surface area (Å²) in [5, 5.41) is 23.8. The first kappa shape index (κ1) is 12.4. The summed E-state index contributed by atoms with van der Waals surface area (Å²) in [7, 11) is 0. The highest BCUT2D eigenvalue weighted by atomic mass is 16.4. The standard InChI is InChI=1S/C12H14N2O4/c15-10-4-3-8(5-9(10)12(17)18)14-11(16)6-13-7-1-2-7/h3-5,7,13,15H,1-2,6H2,(H,14,16)(H,17,18). The van der Waals surface area contributed by atoms with Gasteiger partial charge >= 0.3 is 5.97 Å². The van der Waals surface area contributed by atoms with E-state index < -0.39 is 5.97 Å². The third kappa shape index (κ3) is 3.21. The van der Waals surface area contributed by atoms with E-state index in [2.05, 4.69) is 10.6 Å². The van der Waals surface area contributed by atoms with Crippen LogP contribution in [-0.2, 0) is 4.79 Å². The predicted octanol–water partition coefficient (Wildman–Crippen LogP) is 0.781. The van der Waals surface area contributed by atoms with Gasteiger partial charge in [0.25, 0.3) is 0 Å². The van der Waals surface area contributed by atoms with Crippen LogP contribution in [0.1, 0.15) is 23.2 Å². The zero-order valence-electron chi connectivity index (χ0n) is 9.64. The van der Waals surface area contributed by atoms with Gasteiger partial charge in [-0.15, -0.1) is 0 Å². The topological polar surface area (TPSA) is 98.7 Å². The molecule has 0 spiro atoms. The van der Waals surface area contributed by atoms with Gasteiger partial charge in [-0.3, -0.25) is 4.79 Å². The monoisotopic (exact) mass is 250 g/mol. The van der Waals surface area contributed by atoms with Crippen molar-refractivity contribution in [2.24, 2.45) is 0 Å². The van der Waals surface area contributed by atoms with Crippen LogP contribution < -0.4 is 10.6 Å². The van der Waals surface area contributed by atoms with Crippen LogP contribution >= 0.6 is 0 Å². The number of aromatic carboxylic acids is 1. The molecule has 96 valence electrons. The summed E-state index contributed by atoms with van der Waals surface area (Å²) in [6.45, 7) is 0.202. The van der Waals surface area contributed by atoms with Gasteiger partial charge in [0, 0.05) is 11.7 Å². The first-order valence-corrected chi connectivity index (χ1v) is 5.66. The molecule has 1 fully saturated rings. The second-order valence-corrected chi connectivity index (χ2v) is 4.24. The summed E-state index contributed by atoms with van der Waals surface area (Å²) >= 11 is 0. The van der Waals surface area contributed by atoms with Crippen molar-refractivity contribution in [1.82, 2.24) is 5.32 Å². The van der Waals surface area contributed by atoms with E-state index >= 15 is 0 Å². The number of nitrogens with one attached hydrogen (secondary N) is 2. The largest absolute Gasteiger partial charge is 0.507 e. The number of hydrogen-bond acceptors (Lipinski definition) is 4. The molecule has 1 saturated carbocycles. The summed E-state index contributed by atoms with van der Waals surface area (Å²) in [4.78, 5) is 22.3. The minimum absolute atomic E-state index is 0.202. The lowest BCUT2D eigenvalue weighted by Gasteiger charge is -2.07. The van der Waals surface area contributed by atoms with Crippen LogP contribution in [0.5, 0.6) is 5.75 Å².